The summed E-state index contributed by atoms with van der Waals surface area (Å²) in [6.07, 6.45) is 1.45. The standard InChI is InChI=1S/C16H13Cl2FN2O2/c1-2-23-16(22)13(10-3-5-11(19)6-4-10)9-20-12-7-14(17)21-15(18)8-12/h3-9H,2H2,1H3,(H,20,21)/b13-9-. The minimum atomic E-state index is -0.530. The molecule has 23 heavy (non-hydrogen) atoms. The van der Waals surface area contributed by atoms with Crippen molar-refractivity contribution < 1.29 is 13.9 Å². The number of pyridine rings is 1. The van der Waals surface area contributed by atoms with Gasteiger partial charge in [-0.05, 0) is 36.8 Å². The van der Waals surface area contributed by atoms with Gasteiger partial charge in [-0.15, -0.1) is 0 Å². The molecule has 0 aliphatic carbocycles. The van der Waals surface area contributed by atoms with E-state index in [1.54, 1.807) is 19.1 Å². The number of aromatic nitrogens is 1. The molecule has 2 rings (SSSR count). The Kier molecular flexibility index (Phi) is 5.96. The third-order valence-corrected chi connectivity index (χ3v) is 3.18. The zero-order valence-corrected chi connectivity index (χ0v) is 13.7. The first-order chi connectivity index (χ1) is 11.0. The van der Waals surface area contributed by atoms with Crippen molar-refractivity contribution in [2.24, 2.45) is 0 Å². The van der Waals surface area contributed by atoms with Crippen LogP contribution in [0.5, 0.6) is 0 Å². The second-order valence-corrected chi connectivity index (χ2v) is 5.21. The van der Waals surface area contributed by atoms with Crippen LogP contribution in [-0.2, 0) is 9.53 Å². The Morgan fingerprint density at radius 3 is 2.43 bits per heavy atom. The van der Waals surface area contributed by atoms with Crippen LogP contribution in [0.25, 0.3) is 5.57 Å². The van der Waals surface area contributed by atoms with Crippen LogP contribution in [0.15, 0.2) is 42.6 Å². The molecule has 0 saturated heterocycles. The maximum atomic E-state index is 13.1. The van der Waals surface area contributed by atoms with E-state index in [-0.39, 0.29) is 22.5 Å². The second kappa shape index (κ2) is 7.94. The summed E-state index contributed by atoms with van der Waals surface area (Å²) in [5.41, 5.74) is 1.32. The van der Waals surface area contributed by atoms with Gasteiger partial charge >= 0.3 is 5.97 Å². The molecule has 0 unspecified atom stereocenters. The van der Waals surface area contributed by atoms with Gasteiger partial charge in [0.2, 0.25) is 0 Å². The quantitative estimate of drug-likeness (QED) is 0.486. The van der Waals surface area contributed by atoms with Crippen molar-refractivity contribution in [3.05, 3.63) is 64.3 Å². The number of nitrogens with one attached hydrogen (secondary N) is 1. The topological polar surface area (TPSA) is 51.2 Å². The molecular formula is C16H13Cl2FN2O2. The first-order valence-corrected chi connectivity index (χ1v) is 7.48. The Balaban J connectivity index is 2.32. The zero-order chi connectivity index (χ0) is 16.8. The molecule has 0 atom stereocenters. The lowest BCUT2D eigenvalue weighted by atomic mass is 10.1. The number of rotatable bonds is 5. The van der Waals surface area contributed by atoms with Crippen molar-refractivity contribution in [2.75, 3.05) is 11.9 Å². The van der Waals surface area contributed by atoms with Gasteiger partial charge in [0.15, 0.2) is 0 Å². The van der Waals surface area contributed by atoms with E-state index in [0.29, 0.717) is 11.3 Å². The highest BCUT2D eigenvalue weighted by Gasteiger charge is 2.13. The zero-order valence-electron chi connectivity index (χ0n) is 12.1. The van der Waals surface area contributed by atoms with Gasteiger partial charge in [-0.3, -0.25) is 0 Å². The van der Waals surface area contributed by atoms with Gasteiger partial charge in [0.05, 0.1) is 12.2 Å². The molecule has 2 aromatic rings. The number of esters is 1. The molecule has 0 aliphatic heterocycles. The number of carbonyl (C=O) groups is 1. The maximum Gasteiger partial charge on any atom is 0.340 e. The van der Waals surface area contributed by atoms with Gasteiger partial charge in [0.25, 0.3) is 0 Å². The number of benzene rings is 1. The number of halogens is 3. The Bertz CT molecular complexity index is 713. The van der Waals surface area contributed by atoms with Crippen LogP contribution in [0.1, 0.15) is 12.5 Å². The van der Waals surface area contributed by atoms with Crippen LogP contribution < -0.4 is 5.32 Å². The van der Waals surface area contributed by atoms with Crippen molar-refractivity contribution in [3.8, 4) is 0 Å². The molecule has 1 heterocycles. The van der Waals surface area contributed by atoms with E-state index in [1.165, 1.54) is 30.5 Å². The minimum Gasteiger partial charge on any atom is -0.462 e. The van der Waals surface area contributed by atoms with Crippen LogP contribution >= 0.6 is 23.2 Å². The number of hydrogen-bond donors (Lipinski definition) is 1. The fourth-order valence-electron chi connectivity index (χ4n) is 1.80. The molecular weight excluding hydrogens is 342 g/mol. The van der Waals surface area contributed by atoms with E-state index >= 15 is 0 Å². The number of nitrogens with zero attached hydrogens (tertiary/aromatic N) is 1. The van der Waals surface area contributed by atoms with Crippen molar-refractivity contribution in [3.63, 3.8) is 0 Å². The van der Waals surface area contributed by atoms with Gasteiger partial charge in [-0.1, -0.05) is 35.3 Å². The van der Waals surface area contributed by atoms with Crippen molar-refractivity contribution in [2.45, 2.75) is 6.92 Å². The third-order valence-electron chi connectivity index (χ3n) is 2.80. The largest absolute Gasteiger partial charge is 0.462 e. The predicted octanol–water partition coefficient (Wildman–Crippen LogP) is 4.54. The van der Waals surface area contributed by atoms with E-state index in [0.717, 1.165) is 0 Å². The number of anilines is 1. The van der Waals surface area contributed by atoms with Crippen LogP contribution in [0.3, 0.4) is 0 Å². The Morgan fingerprint density at radius 2 is 1.87 bits per heavy atom. The summed E-state index contributed by atoms with van der Waals surface area (Å²) < 4.78 is 18.1. The fourth-order valence-corrected chi connectivity index (χ4v) is 2.26. The lowest BCUT2D eigenvalue weighted by Crippen LogP contribution is -2.08. The molecule has 1 aromatic carbocycles. The molecule has 1 N–H and O–H groups in total. The van der Waals surface area contributed by atoms with Crippen molar-refractivity contribution in [1.82, 2.24) is 4.98 Å². The van der Waals surface area contributed by atoms with Crippen LogP contribution in [-0.4, -0.2) is 17.6 Å². The molecule has 0 radical (unpaired) electrons. The molecule has 0 fully saturated rings. The lowest BCUT2D eigenvalue weighted by Gasteiger charge is -2.09. The second-order valence-electron chi connectivity index (χ2n) is 4.43. The highest BCUT2D eigenvalue weighted by Crippen LogP contribution is 2.21. The lowest BCUT2D eigenvalue weighted by molar-refractivity contribution is -0.136. The van der Waals surface area contributed by atoms with Crippen LogP contribution in [0, 0.1) is 5.82 Å². The number of ether oxygens (including phenoxy) is 1. The molecule has 0 amide bonds. The van der Waals surface area contributed by atoms with Gasteiger partial charge in [0.1, 0.15) is 16.1 Å². The molecule has 4 nitrogen and oxygen atoms in total. The Labute approximate surface area is 142 Å². The monoisotopic (exact) mass is 354 g/mol. The summed E-state index contributed by atoms with van der Waals surface area (Å²) in [7, 11) is 0. The average molecular weight is 355 g/mol. The highest BCUT2D eigenvalue weighted by molar-refractivity contribution is 6.32. The van der Waals surface area contributed by atoms with E-state index in [1.807, 2.05) is 0 Å². The first kappa shape index (κ1) is 17.2. The van der Waals surface area contributed by atoms with Gasteiger partial charge in [-0.25, -0.2) is 14.2 Å². The summed E-state index contributed by atoms with van der Waals surface area (Å²) in [5, 5.41) is 3.34. The van der Waals surface area contributed by atoms with Gasteiger partial charge in [-0.2, -0.15) is 0 Å². The average Bonchev–Trinajstić information content (AvgIpc) is 2.48. The van der Waals surface area contributed by atoms with Gasteiger partial charge in [0, 0.05) is 11.9 Å². The first-order valence-electron chi connectivity index (χ1n) is 6.72. The summed E-state index contributed by atoms with van der Waals surface area (Å²) >= 11 is 11.6. The Morgan fingerprint density at radius 1 is 1.26 bits per heavy atom. The molecule has 120 valence electrons. The smallest absolute Gasteiger partial charge is 0.340 e. The summed E-state index contributed by atoms with van der Waals surface area (Å²) in [4.78, 5) is 15.9. The SMILES string of the molecule is CCOC(=O)/C(=C\Nc1cc(Cl)nc(Cl)c1)c1ccc(F)cc1. The normalized spacial score (nSPS) is 11.2. The van der Waals surface area contributed by atoms with Crippen molar-refractivity contribution in [1.29, 1.82) is 0 Å². The number of hydrogen-bond acceptors (Lipinski definition) is 4. The van der Waals surface area contributed by atoms with E-state index in [2.05, 4.69) is 10.3 Å². The maximum absolute atomic E-state index is 13.1. The van der Waals surface area contributed by atoms with Crippen LogP contribution in [0.4, 0.5) is 10.1 Å². The molecule has 0 spiro atoms. The van der Waals surface area contributed by atoms with Crippen molar-refractivity contribution >= 4 is 40.4 Å². The summed E-state index contributed by atoms with van der Waals surface area (Å²) in [5.74, 6) is -0.921. The number of carbonyl (C=O) groups excluding carboxylic acids is 1. The van der Waals surface area contributed by atoms with E-state index in [9.17, 15) is 9.18 Å². The summed E-state index contributed by atoms with van der Waals surface area (Å²) in [6.45, 7) is 1.93. The molecule has 0 saturated carbocycles. The van der Waals surface area contributed by atoms with Crippen LogP contribution in [0.2, 0.25) is 10.3 Å². The molecule has 7 heteroatoms. The third kappa shape index (κ3) is 4.94. The van der Waals surface area contributed by atoms with E-state index in [4.69, 9.17) is 27.9 Å². The molecule has 0 aliphatic rings. The minimum absolute atomic E-state index is 0.216. The fraction of sp³-hybridized carbons (Fsp3) is 0.125. The molecule has 0 bridgehead atoms. The predicted molar refractivity (Wildman–Crippen MR) is 88.9 cm³/mol. The van der Waals surface area contributed by atoms with Gasteiger partial charge < -0.3 is 10.1 Å². The summed E-state index contributed by atoms with van der Waals surface area (Å²) in [6, 6.07) is 8.62. The highest BCUT2D eigenvalue weighted by atomic mass is 35.5. The molecule has 1 aromatic heterocycles. The van der Waals surface area contributed by atoms with E-state index < -0.39 is 11.8 Å². The Hall–Kier alpha value is -2.11.